The van der Waals surface area contributed by atoms with Gasteiger partial charge in [-0.3, -0.25) is 4.79 Å². The first-order valence-electron chi connectivity index (χ1n) is 13.7. The molecule has 3 fully saturated rings. The molecule has 2 saturated heterocycles. The van der Waals surface area contributed by atoms with E-state index in [9.17, 15) is 28.8 Å². The number of nitrogens with one attached hydrogen (secondary N) is 1. The number of carboxylic acids is 2. The average molecular weight is 592 g/mol. The van der Waals surface area contributed by atoms with E-state index in [2.05, 4.69) is 23.5 Å². The number of aliphatic carboxylic acids is 2. The Hall–Kier alpha value is -3.80. The molecular formula is C28H38FN5O8. The first-order chi connectivity index (χ1) is 19.8. The summed E-state index contributed by atoms with van der Waals surface area (Å²) in [6, 6.07) is 11.6. The number of amides is 3. The Labute approximate surface area is 243 Å². The molecule has 14 heteroatoms. The summed E-state index contributed by atoms with van der Waals surface area (Å²) in [6.45, 7) is 1.56. The normalized spacial score (nSPS) is 27.7. The van der Waals surface area contributed by atoms with E-state index in [1.165, 1.54) is 10.5 Å². The second-order valence-electron chi connectivity index (χ2n) is 11.4. The number of carbonyl (C=O) groups is 4. The van der Waals surface area contributed by atoms with Crippen LogP contribution in [0.25, 0.3) is 0 Å². The summed E-state index contributed by atoms with van der Waals surface area (Å²) in [5, 5.41) is 45.3. The molecule has 0 aromatic heterocycles. The molecule has 1 saturated carbocycles. The number of alkyl halides is 1. The largest absolute Gasteiger partial charge is 0.479 e. The molecule has 3 amide bonds. The number of halogens is 1. The minimum Gasteiger partial charge on any atom is -0.479 e. The van der Waals surface area contributed by atoms with E-state index in [0.29, 0.717) is 11.8 Å². The maximum absolute atomic E-state index is 13.8. The van der Waals surface area contributed by atoms with Crippen molar-refractivity contribution in [2.45, 2.75) is 55.6 Å². The van der Waals surface area contributed by atoms with Crippen molar-refractivity contribution in [1.82, 2.24) is 20.0 Å². The molecule has 4 rings (SSSR count). The third-order valence-corrected chi connectivity index (χ3v) is 8.06. The second-order valence-corrected chi connectivity index (χ2v) is 11.4. The molecule has 0 radical (unpaired) electrons. The highest BCUT2D eigenvalue weighted by atomic mass is 19.1. The van der Waals surface area contributed by atoms with E-state index in [1.54, 1.807) is 19.0 Å². The molecule has 230 valence electrons. The minimum absolute atomic E-state index is 0.00270. The highest BCUT2D eigenvalue weighted by Crippen LogP contribution is 2.45. The van der Waals surface area contributed by atoms with Gasteiger partial charge >= 0.3 is 18.0 Å². The van der Waals surface area contributed by atoms with Gasteiger partial charge in [-0.1, -0.05) is 30.3 Å². The van der Waals surface area contributed by atoms with Crippen LogP contribution in [0.1, 0.15) is 24.8 Å². The quantitative estimate of drug-likeness (QED) is 0.273. The fourth-order valence-electron chi connectivity index (χ4n) is 6.08. The predicted octanol–water partition coefficient (Wildman–Crippen LogP) is -0.0791. The smallest absolute Gasteiger partial charge is 0.335 e. The molecule has 13 nitrogen and oxygen atoms in total. The molecule has 0 spiro atoms. The van der Waals surface area contributed by atoms with Gasteiger partial charge in [0.2, 0.25) is 5.91 Å². The van der Waals surface area contributed by atoms with E-state index in [-0.39, 0.29) is 37.0 Å². The summed E-state index contributed by atoms with van der Waals surface area (Å²) in [5.74, 6) is -2.98. The van der Waals surface area contributed by atoms with E-state index in [1.807, 2.05) is 23.1 Å². The number of rotatable bonds is 8. The van der Waals surface area contributed by atoms with Crippen LogP contribution in [0.15, 0.2) is 30.3 Å². The Morgan fingerprint density at radius 3 is 2.07 bits per heavy atom. The van der Waals surface area contributed by atoms with Crippen molar-refractivity contribution in [3.05, 3.63) is 35.9 Å². The van der Waals surface area contributed by atoms with Crippen molar-refractivity contribution in [1.29, 1.82) is 5.26 Å². The van der Waals surface area contributed by atoms with Crippen LogP contribution in [0, 0.1) is 23.2 Å². The SMILES string of the molecule is CN(C)C(=O)N1C[C@@H]2CC(Cc3ccccc3)(NCC(=O)N3C[C@@H](F)C[C@H]3C#N)C[C@@H]2C1.O=C(O)C(O)C(O)C(=O)O. The Balaban J connectivity index is 0.000000416. The lowest BCUT2D eigenvalue weighted by Gasteiger charge is -2.34. The molecule has 2 heterocycles. The molecule has 1 aromatic carbocycles. The zero-order valence-corrected chi connectivity index (χ0v) is 23.6. The van der Waals surface area contributed by atoms with Gasteiger partial charge in [0.25, 0.3) is 0 Å². The summed E-state index contributed by atoms with van der Waals surface area (Å²) in [4.78, 5) is 49.7. The highest BCUT2D eigenvalue weighted by Gasteiger charge is 2.50. The Kier molecular flexibility index (Phi) is 10.8. The molecule has 5 N–H and O–H groups in total. The number of fused-ring (bicyclic) bond motifs is 1. The van der Waals surface area contributed by atoms with Crippen LogP contribution in [-0.4, -0.2) is 129 Å². The lowest BCUT2D eigenvalue weighted by Crippen LogP contribution is -2.51. The monoisotopic (exact) mass is 591 g/mol. The predicted molar refractivity (Wildman–Crippen MR) is 146 cm³/mol. The number of aliphatic hydroxyl groups is 2. The zero-order valence-electron chi connectivity index (χ0n) is 23.6. The Morgan fingerprint density at radius 2 is 1.60 bits per heavy atom. The Bertz CT molecular complexity index is 1150. The average Bonchev–Trinajstić information content (AvgIpc) is 3.62. The summed E-state index contributed by atoms with van der Waals surface area (Å²) in [7, 11) is 3.55. The summed E-state index contributed by atoms with van der Waals surface area (Å²) < 4.78 is 13.8. The van der Waals surface area contributed by atoms with Gasteiger partial charge in [-0.2, -0.15) is 5.26 Å². The van der Waals surface area contributed by atoms with Crippen molar-refractivity contribution >= 4 is 23.9 Å². The van der Waals surface area contributed by atoms with Crippen molar-refractivity contribution in [3.63, 3.8) is 0 Å². The number of hydrogen-bond acceptors (Lipinski definition) is 8. The molecule has 1 aliphatic carbocycles. The number of carbonyl (C=O) groups excluding carboxylic acids is 2. The van der Waals surface area contributed by atoms with Crippen molar-refractivity contribution in [2.75, 3.05) is 40.3 Å². The standard InChI is InChI=1S/C24H32FN5O2.C4H6O6/c1-28(2)23(32)29-14-18-10-24(11-19(18)15-29,9-17-6-4-3-5-7-17)27-13-22(31)30-16-20(25)8-21(30)12-26;5-1(3(7)8)2(6)4(9)10/h3-7,18-21,27H,8-11,13-16H2,1-2H3;1-2,5-6H,(H,7,8)(H,9,10)/t18-,19+,20-,21-,24?;/m0./s1. The fraction of sp³-hybridized carbons (Fsp3) is 0.607. The van der Waals surface area contributed by atoms with Gasteiger partial charge in [0, 0.05) is 39.1 Å². The minimum atomic E-state index is -2.27. The van der Waals surface area contributed by atoms with Crippen LogP contribution in [0.2, 0.25) is 0 Å². The highest BCUT2D eigenvalue weighted by molar-refractivity contribution is 5.83. The van der Waals surface area contributed by atoms with Crippen LogP contribution in [0.5, 0.6) is 0 Å². The lowest BCUT2D eigenvalue weighted by molar-refractivity contribution is -0.165. The van der Waals surface area contributed by atoms with Crippen molar-refractivity contribution < 1.29 is 44.0 Å². The maximum atomic E-state index is 13.8. The van der Waals surface area contributed by atoms with E-state index in [0.717, 1.165) is 32.4 Å². The molecule has 3 unspecified atom stereocenters. The van der Waals surface area contributed by atoms with Gasteiger partial charge in [-0.15, -0.1) is 0 Å². The first kappa shape index (κ1) is 32.7. The third kappa shape index (κ3) is 7.93. The van der Waals surface area contributed by atoms with Crippen molar-refractivity contribution in [3.8, 4) is 6.07 Å². The van der Waals surface area contributed by atoms with E-state index < -0.39 is 36.4 Å². The Morgan fingerprint density at radius 1 is 1.05 bits per heavy atom. The van der Waals surface area contributed by atoms with Crippen LogP contribution in [0.4, 0.5) is 9.18 Å². The third-order valence-electron chi connectivity index (χ3n) is 8.06. The van der Waals surface area contributed by atoms with Crippen LogP contribution >= 0.6 is 0 Å². The molecule has 7 atom stereocenters. The van der Waals surface area contributed by atoms with Gasteiger partial charge in [0.05, 0.1) is 19.2 Å². The van der Waals surface area contributed by atoms with Gasteiger partial charge in [0.15, 0.2) is 12.2 Å². The van der Waals surface area contributed by atoms with Crippen molar-refractivity contribution in [2.24, 2.45) is 11.8 Å². The van der Waals surface area contributed by atoms with Gasteiger partial charge < -0.3 is 40.4 Å². The number of nitrogens with zero attached hydrogens (tertiary/aromatic N) is 4. The van der Waals surface area contributed by atoms with Crippen LogP contribution < -0.4 is 5.32 Å². The zero-order chi connectivity index (χ0) is 31.2. The summed E-state index contributed by atoms with van der Waals surface area (Å²) in [6.07, 6.45) is -3.02. The van der Waals surface area contributed by atoms with Gasteiger partial charge in [0.1, 0.15) is 12.2 Å². The molecular weight excluding hydrogens is 553 g/mol. The molecule has 2 aliphatic heterocycles. The number of benzene rings is 1. The number of urea groups is 1. The second kappa shape index (κ2) is 13.9. The molecule has 0 bridgehead atoms. The fourth-order valence-corrected chi connectivity index (χ4v) is 6.08. The molecule has 42 heavy (non-hydrogen) atoms. The van der Waals surface area contributed by atoms with Crippen LogP contribution in [-0.2, 0) is 20.8 Å². The maximum Gasteiger partial charge on any atom is 0.335 e. The first-order valence-corrected chi connectivity index (χ1v) is 13.7. The summed E-state index contributed by atoms with van der Waals surface area (Å²) >= 11 is 0. The number of likely N-dealkylation sites (tertiary alicyclic amines) is 2. The molecule has 1 aromatic rings. The number of hydrogen-bond donors (Lipinski definition) is 5. The van der Waals surface area contributed by atoms with Gasteiger partial charge in [-0.25, -0.2) is 18.8 Å². The number of nitriles is 1. The van der Waals surface area contributed by atoms with E-state index >= 15 is 0 Å². The van der Waals surface area contributed by atoms with Crippen LogP contribution in [0.3, 0.4) is 0 Å². The van der Waals surface area contributed by atoms with Gasteiger partial charge in [-0.05, 0) is 36.7 Å². The number of carboxylic acid groups (broad SMARTS) is 2. The lowest BCUT2D eigenvalue weighted by atomic mass is 9.87. The van der Waals surface area contributed by atoms with E-state index in [4.69, 9.17) is 20.4 Å². The molecule has 3 aliphatic rings. The number of aliphatic hydroxyl groups excluding tert-OH is 2. The topological polar surface area (TPSA) is 195 Å². The summed E-state index contributed by atoms with van der Waals surface area (Å²) in [5.41, 5.74) is 0.949.